The van der Waals surface area contributed by atoms with Crippen molar-refractivity contribution in [3.8, 4) is 0 Å². The summed E-state index contributed by atoms with van der Waals surface area (Å²) in [6, 6.07) is 0. The summed E-state index contributed by atoms with van der Waals surface area (Å²) in [5.74, 6) is 1.58. The summed E-state index contributed by atoms with van der Waals surface area (Å²) in [6.45, 7) is 6.88. The van der Waals surface area contributed by atoms with Crippen LogP contribution in [0.15, 0.2) is 6.33 Å². The predicted molar refractivity (Wildman–Crippen MR) is 96.4 cm³/mol. The van der Waals surface area contributed by atoms with E-state index >= 15 is 0 Å². The SMILES string of the molecule is Cc1nc2ncnn2c(C)c1CCC(=O)N1CCC(CN(C)C)CC1. The summed E-state index contributed by atoms with van der Waals surface area (Å²) >= 11 is 0. The molecule has 7 heteroatoms. The van der Waals surface area contributed by atoms with Crippen LogP contribution in [0.2, 0.25) is 0 Å². The summed E-state index contributed by atoms with van der Waals surface area (Å²) in [5, 5.41) is 4.21. The number of aryl methyl sites for hydroxylation is 2. The van der Waals surface area contributed by atoms with Gasteiger partial charge in [-0.25, -0.2) is 9.50 Å². The normalized spacial score (nSPS) is 16.1. The standard InChI is InChI=1S/C18H28N6O/c1-13-16(14(2)24-18(21-13)19-12-20-24)5-6-17(25)23-9-7-15(8-10-23)11-22(3)4/h12,15H,5-11H2,1-4H3. The minimum Gasteiger partial charge on any atom is -0.343 e. The predicted octanol–water partition coefficient (Wildman–Crippen LogP) is 1.47. The van der Waals surface area contributed by atoms with Gasteiger partial charge in [0.25, 0.3) is 5.78 Å². The van der Waals surface area contributed by atoms with Crippen LogP contribution in [-0.2, 0) is 11.2 Å². The third-order valence-electron chi connectivity index (χ3n) is 5.17. The van der Waals surface area contributed by atoms with Crippen LogP contribution in [0, 0.1) is 19.8 Å². The Kier molecular flexibility index (Phi) is 5.32. The van der Waals surface area contributed by atoms with Crippen molar-refractivity contribution in [3.63, 3.8) is 0 Å². The average molecular weight is 344 g/mol. The largest absolute Gasteiger partial charge is 0.343 e. The summed E-state index contributed by atoms with van der Waals surface area (Å²) in [5.41, 5.74) is 3.07. The molecule has 0 saturated carbocycles. The van der Waals surface area contributed by atoms with Crippen molar-refractivity contribution < 1.29 is 4.79 Å². The Bertz CT molecular complexity index is 745. The minimum atomic E-state index is 0.251. The second kappa shape index (κ2) is 7.47. The highest BCUT2D eigenvalue weighted by molar-refractivity contribution is 5.76. The smallest absolute Gasteiger partial charge is 0.252 e. The molecule has 1 saturated heterocycles. The van der Waals surface area contributed by atoms with Gasteiger partial charge in [-0.3, -0.25) is 4.79 Å². The highest BCUT2D eigenvalue weighted by atomic mass is 16.2. The van der Waals surface area contributed by atoms with Crippen LogP contribution in [0.4, 0.5) is 0 Å². The molecule has 25 heavy (non-hydrogen) atoms. The van der Waals surface area contributed by atoms with E-state index in [0.29, 0.717) is 24.5 Å². The molecule has 0 aromatic carbocycles. The van der Waals surface area contributed by atoms with Gasteiger partial charge in [-0.05, 0) is 58.7 Å². The van der Waals surface area contributed by atoms with E-state index in [2.05, 4.69) is 34.1 Å². The molecule has 136 valence electrons. The second-order valence-electron chi connectivity index (χ2n) is 7.32. The zero-order valence-electron chi connectivity index (χ0n) is 15.7. The first kappa shape index (κ1) is 17.8. The number of carbonyl (C=O) groups is 1. The lowest BCUT2D eigenvalue weighted by molar-refractivity contribution is -0.132. The molecule has 0 unspecified atom stereocenters. The first-order chi connectivity index (χ1) is 12.0. The number of rotatable bonds is 5. The van der Waals surface area contributed by atoms with E-state index in [-0.39, 0.29) is 5.91 Å². The molecule has 3 rings (SSSR count). The molecule has 0 aliphatic carbocycles. The fourth-order valence-electron chi connectivity index (χ4n) is 3.79. The van der Waals surface area contributed by atoms with Gasteiger partial charge in [-0.1, -0.05) is 0 Å². The van der Waals surface area contributed by atoms with Gasteiger partial charge in [-0.2, -0.15) is 10.1 Å². The molecule has 0 atom stereocenters. The number of nitrogens with zero attached hydrogens (tertiary/aromatic N) is 6. The molecule has 2 aromatic rings. The van der Waals surface area contributed by atoms with Gasteiger partial charge >= 0.3 is 0 Å². The topological polar surface area (TPSA) is 66.6 Å². The molecule has 1 amide bonds. The van der Waals surface area contributed by atoms with Gasteiger partial charge in [0.1, 0.15) is 6.33 Å². The van der Waals surface area contributed by atoms with Crippen LogP contribution in [0.1, 0.15) is 36.2 Å². The van der Waals surface area contributed by atoms with Crippen molar-refractivity contribution in [3.05, 3.63) is 23.3 Å². The van der Waals surface area contributed by atoms with Gasteiger partial charge in [0.2, 0.25) is 5.91 Å². The number of carbonyl (C=O) groups excluding carboxylic acids is 1. The number of hydrogen-bond acceptors (Lipinski definition) is 5. The third kappa shape index (κ3) is 3.98. The van der Waals surface area contributed by atoms with Crippen molar-refractivity contribution in [2.45, 2.75) is 39.5 Å². The monoisotopic (exact) mass is 344 g/mol. The summed E-state index contributed by atoms with van der Waals surface area (Å²) in [4.78, 5) is 25.5. The number of fused-ring (bicyclic) bond motifs is 1. The number of hydrogen-bond donors (Lipinski definition) is 0. The average Bonchev–Trinajstić information content (AvgIpc) is 3.03. The molecule has 0 N–H and O–H groups in total. The first-order valence-corrected chi connectivity index (χ1v) is 9.04. The lowest BCUT2D eigenvalue weighted by Crippen LogP contribution is -2.40. The van der Waals surface area contributed by atoms with Crippen molar-refractivity contribution >= 4 is 11.7 Å². The van der Waals surface area contributed by atoms with Crippen molar-refractivity contribution in [2.75, 3.05) is 33.7 Å². The molecule has 2 aromatic heterocycles. The Morgan fingerprint density at radius 1 is 1.28 bits per heavy atom. The summed E-state index contributed by atoms with van der Waals surface area (Å²) < 4.78 is 1.75. The highest BCUT2D eigenvalue weighted by Gasteiger charge is 2.23. The van der Waals surface area contributed by atoms with E-state index < -0.39 is 0 Å². The highest BCUT2D eigenvalue weighted by Crippen LogP contribution is 2.20. The Hall–Kier alpha value is -2.02. The molecule has 0 radical (unpaired) electrons. The van der Waals surface area contributed by atoms with E-state index in [9.17, 15) is 4.79 Å². The maximum Gasteiger partial charge on any atom is 0.252 e. The zero-order valence-corrected chi connectivity index (χ0v) is 15.7. The fourth-order valence-corrected chi connectivity index (χ4v) is 3.79. The van der Waals surface area contributed by atoms with E-state index in [1.54, 1.807) is 4.52 Å². The molecule has 1 aliphatic rings. The molecule has 1 fully saturated rings. The van der Waals surface area contributed by atoms with Crippen LogP contribution < -0.4 is 0 Å². The Labute approximate surface area is 149 Å². The van der Waals surface area contributed by atoms with Crippen LogP contribution in [-0.4, -0.2) is 69.0 Å². The quantitative estimate of drug-likeness (QED) is 0.822. The molecule has 3 heterocycles. The maximum absolute atomic E-state index is 12.6. The lowest BCUT2D eigenvalue weighted by Gasteiger charge is -2.33. The van der Waals surface area contributed by atoms with Crippen LogP contribution in [0.25, 0.3) is 5.78 Å². The molecule has 7 nitrogen and oxygen atoms in total. The number of likely N-dealkylation sites (tertiary alicyclic amines) is 1. The molecule has 1 aliphatic heterocycles. The zero-order chi connectivity index (χ0) is 18.0. The Balaban J connectivity index is 1.58. The minimum absolute atomic E-state index is 0.251. The second-order valence-corrected chi connectivity index (χ2v) is 7.32. The van der Waals surface area contributed by atoms with Gasteiger partial charge in [-0.15, -0.1) is 0 Å². The van der Waals surface area contributed by atoms with Gasteiger partial charge in [0.05, 0.1) is 0 Å². The van der Waals surface area contributed by atoms with Gasteiger partial charge in [0, 0.05) is 37.4 Å². The van der Waals surface area contributed by atoms with Crippen LogP contribution >= 0.6 is 0 Å². The van der Waals surface area contributed by atoms with Gasteiger partial charge in [0.15, 0.2) is 0 Å². The van der Waals surface area contributed by atoms with Crippen molar-refractivity contribution in [1.29, 1.82) is 0 Å². The Morgan fingerprint density at radius 2 is 2.00 bits per heavy atom. The molecule has 0 spiro atoms. The van der Waals surface area contributed by atoms with E-state index in [4.69, 9.17) is 0 Å². The lowest BCUT2D eigenvalue weighted by atomic mass is 9.96. The van der Waals surface area contributed by atoms with E-state index in [1.807, 2.05) is 18.7 Å². The third-order valence-corrected chi connectivity index (χ3v) is 5.17. The van der Waals surface area contributed by atoms with Crippen molar-refractivity contribution in [1.82, 2.24) is 29.4 Å². The van der Waals surface area contributed by atoms with Crippen molar-refractivity contribution in [2.24, 2.45) is 5.92 Å². The maximum atomic E-state index is 12.6. The number of aromatic nitrogens is 4. The van der Waals surface area contributed by atoms with Crippen LogP contribution in [0.3, 0.4) is 0 Å². The Morgan fingerprint density at radius 3 is 2.68 bits per heavy atom. The molecular formula is C18H28N6O. The summed E-state index contributed by atoms with van der Waals surface area (Å²) in [7, 11) is 4.23. The number of amides is 1. The van der Waals surface area contributed by atoms with E-state index in [0.717, 1.165) is 49.4 Å². The van der Waals surface area contributed by atoms with Crippen LogP contribution in [0.5, 0.6) is 0 Å². The number of piperidine rings is 1. The molecular weight excluding hydrogens is 316 g/mol. The van der Waals surface area contributed by atoms with E-state index in [1.165, 1.54) is 6.33 Å². The fraction of sp³-hybridized carbons (Fsp3) is 0.667. The van der Waals surface area contributed by atoms with Gasteiger partial charge < -0.3 is 9.80 Å². The summed E-state index contributed by atoms with van der Waals surface area (Å²) in [6.07, 6.45) is 4.96. The first-order valence-electron chi connectivity index (χ1n) is 9.04. The molecule has 0 bridgehead atoms.